The fourth-order valence-corrected chi connectivity index (χ4v) is 3.68. The van der Waals surface area contributed by atoms with Gasteiger partial charge in [-0.3, -0.25) is 9.69 Å². The van der Waals surface area contributed by atoms with Crippen LogP contribution in [0.1, 0.15) is 20.8 Å². The van der Waals surface area contributed by atoms with Crippen LogP contribution in [0.4, 0.5) is 5.82 Å². The maximum absolute atomic E-state index is 12.0. The number of rotatable bonds is 3. The second-order valence-corrected chi connectivity index (χ2v) is 7.87. The van der Waals surface area contributed by atoms with Crippen molar-refractivity contribution < 1.29 is 4.79 Å². The Morgan fingerprint density at radius 2 is 1.91 bits per heavy atom. The van der Waals surface area contributed by atoms with Gasteiger partial charge in [0.25, 0.3) is 0 Å². The molecule has 1 aliphatic rings. The van der Waals surface area contributed by atoms with Crippen molar-refractivity contribution in [2.75, 3.05) is 37.6 Å². The van der Waals surface area contributed by atoms with E-state index in [1.807, 2.05) is 20.8 Å². The van der Waals surface area contributed by atoms with Crippen molar-refractivity contribution in [1.82, 2.24) is 14.6 Å². The molecule has 1 aromatic carbocycles. The number of nitrogens with one attached hydrogen (secondary N) is 1. The molecule has 1 aliphatic heterocycles. The van der Waals surface area contributed by atoms with E-state index in [-0.39, 0.29) is 11.4 Å². The molecule has 0 saturated carbocycles. The summed E-state index contributed by atoms with van der Waals surface area (Å²) in [5, 5.41) is 4.26. The number of carbonyl (C=O) groups is 1. The highest BCUT2D eigenvalue weighted by molar-refractivity contribution is 7.13. The molecule has 6 heteroatoms. The van der Waals surface area contributed by atoms with Gasteiger partial charge in [0.05, 0.1) is 11.2 Å². The first-order chi connectivity index (χ1) is 10.9. The predicted molar refractivity (Wildman–Crippen MR) is 96.2 cm³/mol. The molecule has 124 valence electrons. The van der Waals surface area contributed by atoms with Crippen LogP contribution in [0, 0.1) is 0 Å². The average molecular weight is 332 g/mol. The molecule has 0 unspecified atom stereocenters. The van der Waals surface area contributed by atoms with Crippen LogP contribution in [0.3, 0.4) is 0 Å². The Morgan fingerprint density at radius 3 is 2.61 bits per heavy atom. The van der Waals surface area contributed by atoms with Gasteiger partial charge in [-0.1, -0.05) is 12.1 Å². The Balaban J connectivity index is 1.57. The molecule has 0 aliphatic carbocycles. The highest BCUT2D eigenvalue weighted by Gasteiger charge is 2.23. The molecule has 1 N–H and O–H groups in total. The maximum atomic E-state index is 12.0. The molecule has 1 saturated heterocycles. The van der Waals surface area contributed by atoms with Crippen molar-refractivity contribution >= 4 is 33.3 Å². The highest BCUT2D eigenvalue weighted by atomic mass is 32.1. The first kappa shape index (κ1) is 16.2. The Kier molecular flexibility index (Phi) is 4.55. The third-order valence-corrected chi connectivity index (χ3v) is 4.73. The SMILES string of the molecule is CC(C)(C)NC(=O)CN1CCN(c2nsc3ccccc23)CC1. The van der Waals surface area contributed by atoms with Gasteiger partial charge in [-0.15, -0.1) is 0 Å². The zero-order valence-corrected chi connectivity index (χ0v) is 14.8. The molecule has 1 amide bonds. The number of piperazine rings is 1. The number of benzene rings is 1. The maximum Gasteiger partial charge on any atom is 0.234 e. The standard InChI is InChI=1S/C17H24N4OS/c1-17(2,3)18-15(22)12-20-8-10-21(11-9-20)16-13-6-4-5-7-14(13)23-19-16/h4-7H,8-12H2,1-3H3,(H,18,22). The lowest BCUT2D eigenvalue weighted by molar-refractivity contribution is -0.123. The number of carbonyl (C=O) groups excluding carboxylic acids is 1. The summed E-state index contributed by atoms with van der Waals surface area (Å²) in [5.74, 6) is 1.19. The van der Waals surface area contributed by atoms with Crippen LogP contribution in [0.15, 0.2) is 24.3 Å². The number of anilines is 1. The lowest BCUT2D eigenvalue weighted by Crippen LogP contribution is -2.51. The number of hydrogen-bond acceptors (Lipinski definition) is 5. The lowest BCUT2D eigenvalue weighted by Gasteiger charge is -2.35. The van der Waals surface area contributed by atoms with E-state index in [0.29, 0.717) is 6.54 Å². The first-order valence-corrected chi connectivity index (χ1v) is 8.82. The fourth-order valence-electron chi connectivity index (χ4n) is 2.88. The summed E-state index contributed by atoms with van der Waals surface area (Å²) in [6.45, 7) is 10.1. The minimum atomic E-state index is -0.168. The topological polar surface area (TPSA) is 48.5 Å². The Bertz CT molecular complexity index is 683. The second-order valence-electron chi connectivity index (χ2n) is 7.06. The van der Waals surface area contributed by atoms with Crippen LogP contribution in [0.5, 0.6) is 0 Å². The number of hydrogen-bond donors (Lipinski definition) is 1. The van der Waals surface area contributed by atoms with Gasteiger partial charge < -0.3 is 10.2 Å². The van der Waals surface area contributed by atoms with E-state index in [4.69, 9.17) is 0 Å². The summed E-state index contributed by atoms with van der Waals surface area (Å²) in [6.07, 6.45) is 0. The normalized spacial score (nSPS) is 16.7. The smallest absolute Gasteiger partial charge is 0.234 e. The van der Waals surface area contributed by atoms with Crippen molar-refractivity contribution in [3.8, 4) is 0 Å². The molecular formula is C17H24N4OS. The quantitative estimate of drug-likeness (QED) is 0.937. The number of fused-ring (bicyclic) bond motifs is 1. The van der Waals surface area contributed by atoms with Crippen LogP contribution in [-0.2, 0) is 4.79 Å². The van der Waals surface area contributed by atoms with E-state index in [1.165, 1.54) is 10.1 Å². The lowest BCUT2D eigenvalue weighted by atomic mass is 10.1. The molecule has 3 rings (SSSR count). The molecule has 0 spiro atoms. The van der Waals surface area contributed by atoms with Gasteiger partial charge >= 0.3 is 0 Å². The molecular weight excluding hydrogens is 308 g/mol. The molecule has 1 aromatic heterocycles. The third kappa shape index (κ3) is 4.00. The van der Waals surface area contributed by atoms with Gasteiger partial charge in [-0.25, -0.2) is 0 Å². The number of amides is 1. The van der Waals surface area contributed by atoms with Gasteiger partial charge in [-0.05, 0) is 44.4 Å². The minimum Gasteiger partial charge on any atom is -0.353 e. The summed E-state index contributed by atoms with van der Waals surface area (Å²) in [6, 6.07) is 8.37. The van der Waals surface area contributed by atoms with Crippen molar-refractivity contribution in [3.05, 3.63) is 24.3 Å². The van der Waals surface area contributed by atoms with E-state index in [2.05, 4.69) is 43.8 Å². The van der Waals surface area contributed by atoms with Gasteiger partial charge in [0.1, 0.15) is 5.82 Å². The highest BCUT2D eigenvalue weighted by Crippen LogP contribution is 2.29. The fraction of sp³-hybridized carbons (Fsp3) is 0.529. The molecule has 0 atom stereocenters. The zero-order valence-electron chi connectivity index (χ0n) is 14.0. The van der Waals surface area contributed by atoms with Crippen LogP contribution in [-0.4, -0.2) is 53.4 Å². The minimum absolute atomic E-state index is 0.102. The largest absolute Gasteiger partial charge is 0.353 e. The molecule has 2 heterocycles. The number of nitrogens with zero attached hydrogens (tertiary/aromatic N) is 3. The molecule has 2 aromatic rings. The van der Waals surface area contributed by atoms with Crippen molar-refractivity contribution in [3.63, 3.8) is 0 Å². The number of aromatic nitrogens is 1. The van der Waals surface area contributed by atoms with Crippen LogP contribution >= 0.6 is 11.5 Å². The van der Waals surface area contributed by atoms with E-state index in [0.717, 1.165) is 32.0 Å². The van der Waals surface area contributed by atoms with Crippen molar-refractivity contribution in [2.45, 2.75) is 26.3 Å². The average Bonchev–Trinajstić information content (AvgIpc) is 2.90. The van der Waals surface area contributed by atoms with E-state index in [1.54, 1.807) is 11.5 Å². The molecule has 23 heavy (non-hydrogen) atoms. The van der Waals surface area contributed by atoms with Crippen LogP contribution in [0.25, 0.3) is 10.1 Å². The second kappa shape index (κ2) is 6.45. The Labute approximate surface area is 141 Å². The molecule has 1 fully saturated rings. The zero-order chi connectivity index (χ0) is 16.4. The summed E-state index contributed by atoms with van der Waals surface area (Å²) in [4.78, 5) is 16.6. The Morgan fingerprint density at radius 1 is 1.22 bits per heavy atom. The summed E-state index contributed by atoms with van der Waals surface area (Å²) < 4.78 is 5.85. The van der Waals surface area contributed by atoms with Crippen molar-refractivity contribution in [2.24, 2.45) is 0 Å². The van der Waals surface area contributed by atoms with Crippen molar-refractivity contribution in [1.29, 1.82) is 0 Å². The molecule has 0 radical (unpaired) electrons. The van der Waals surface area contributed by atoms with Gasteiger partial charge in [-0.2, -0.15) is 4.37 Å². The molecule has 0 bridgehead atoms. The predicted octanol–water partition coefficient (Wildman–Crippen LogP) is 2.33. The summed E-state index contributed by atoms with van der Waals surface area (Å²) >= 11 is 1.56. The van der Waals surface area contributed by atoms with E-state index in [9.17, 15) is 4.79 Å². The van der Waals surface area contributed by atoms with Gasteiger partial charge in [0.2, 0.25) is 5.91 Å². The van der Waals surface area contributed by atoms with Crippen LogP contribution < -0.4 is 10.2 Å². The molecule has 5 nitrogen and oxygen atoms in total. The third-order valence-electron chi connectivity index (χ3n) is 3.91. The van der Waals surface area contributed by atoms with E-state index < -0.39 is 0 Å². The monoisotopic (exact) mass is 332 g/mol. The summed E-state index contributed by atoms with van der Waals surface area (Å²) in [5.41, 5.74) is -0.168. The van der Waals surface area contributed by atoms with Crippen LogP contribution in [0.2, 0.25) is 0 Å². The van der Waals surface area contributed by atoms with E-state index >= 15 is 0 Å². The summed E-state index contributed by atoms with van der Waals surface area (Å²) in [7, 11) is 0. The Hall–Kier alpha value is -1.66. The van der Waals surface area contributed by atoms with Gasteiger partial charge in [0, 0.05) is 37.1 Å². The first-order valence-electron chi connectivity index (χ1n) is 8.05. The van der Waals surface area contributed by atoms with Gasteiger partial charge in [0.15, 0.2) is 0 Å².